The molecule has 0 saturated heterocycles. The van der Waals surface area contributed by atoms with Crippen molar-refractivity contribution in [2.24, 2.45) is 0 Å². The van der Waals surface area contributed by atoms with Gasteiger partial charge in [-0.05, 0) is 49.2 Å². The van der Waals surface area contributed by atoms with E-state index in [1.54, 1.807) is 30.6 Å². The van der Waals surface area contributed by atoms with Gasteiger partial charge >= 0.3 is 0 Å². The van der Waals surface area contributed by atoms with Crippen molar-refractivity contribution < 1.29 is 4.79 Å². The molecule has 28 heavy (non-hydrogen) atoms. The Labute approximate surface area is 163 Å². The number of dihydropyridines is 1. The Morgan fingerprint density at radius 3 is 2.36 bits per heavy atom. The molecule has 0 unspecified atom stereocenters. The molecule has 2 aromatic rings. The second kappa shape index (κ2) is 8.20. The lowest BCUT2D eigenvalue weighted by molar-refractivity contribution is 0.0951. The van der Waals surface area contributed by atoms with Gasteiger partial charge in [-0.1, -0.05) is 12.1 Å². The summed E-state index contributed by atoms with van der Waals surface area (Å²) in [5.74, 6) is -0.699. The molecular formula is C22H19N5O. The molecule has 0 spiro atoms. The number of hydrogen-bond acceptors (Lipinski definition) is 5. The first-order chi connectivity index (χ1) is 13.5. The Hall–Kier alpha value is -3.90. The van der Waals surface area contributed by atoms with E-state index in [1.807, 2.05) is 32.0 Å². The Kier molecular flexibility index (Phi) is 5.53. The number of carbonyl (C=O) groups is 1. The molecular weight excluding hydrogens is 350 g/mol. The number of pyridine rings is 1. The zero-order chi connectivity index (χ0) is 20.1. The van der Waals surface area contributed by atoms with Crippen LogP contribution in [-0.2, 0) is 6.54 Å². The van der Waals surface area contributed by atoms with Gasteiger partial charge in [-0.3, -0.25) is 9.78 Å². The lowest BCUT2D eigenvalue weighted by atomic mass is 9.81. The summed E-state index contributed by atoms with van der Waals surface area (Å²) in [7, 11) is 0. The topological polar surface area (TPSA) is 102 Å². The highest BCUT2D eigenvalue weighted by atomic mass is 16.1. The zero-order valence-electron chi connectivity index (χ0n) is 15.7. The second-order valence-corrected chi connectivity index (χ2v) is 6.52. The number of nitriles is 2. The van der Waals surface area contributed by atoms with E-state index in [9.17, 15) is 15.3 Å². The minimum Gasteiger partial charge on any atom is -0.361 e. The van der Waals surface area contributed by atoms with Crippen LogP contribution >= 0.6 is 0 Å². The number of nitrogens with zero attached hydrogens (tertiary/aromatic N) is 3. The smallest absolute Gasteiger partial charge is 0.251 e. The van der Waals surface area contributed by atoms with Crippen LogP contribution in [0.3, 0.4) is 0 Å². The van der Waals surface area contributed by atoms with Crippen molar-refractivity contribution in [3.8, 4) is 12.1 Å². The van der Waals surface area contributed by atoms with Gasteiger partial charge < -0.3 is 10.6 Å². The van der Waals surface area contributed by atoms with Gasteiger partial charge in [-0.15, -0.1) is 0 Å². The summed E-state index contributed by atoms with van der Waals surface area (Å²) in [5, 5.41) is 25.2. The van der Waals surface area contributed by atoms with E-state index in [0.29, 0.717) is 23.3 Å². The maximum absolute atomic E-state index is 12.6. The number of nitrogens with one attached hydrogen (secondary N) is 2. The van der Waals surface area contributed by atoms with Gasteiger partial charge in [0.15, 0.2) is 0 Å². The van der Waals surface area contributed by atoms with Crippen LogP contribution in [0, 0.1) is 22.7 Å². The molecule has 0 saturated carbocycles. The molecule has 2 N–H and O–H groups in total. The van der Waals surface area contributed by atoms with Crippen molar-refractivity contribution in [3.05, 3.63) is 88.0 Å². The number of aromatic nitrogens is 1. The normalized spacial score (nSPS) is 14.1. The van der Waals surface area contributed by atoms with E-state index < -0.39 is 5.92 Å². The summed E-state index contributed by atoms with van der Waals surface area (Å²) in [6.07, 6.45) is 3.35. The highest BCUT2D eigenvalue weighted by Gasteiger charge is 2.29. The molecule has 2 heterocycles. The van der Waals surface area contributed by atoms with Crippen molar-refractivity contribution in [2.75, 3.05) is 0 Å². The third-order valence-corrected chi connectivity index (χ3v) is 4.69. The molecule has 0 fully saturated rings. The van der Waals surface area contributed by atoms with Crippen molar-refractivity contribution >= 4 is 5.91 Å². The van der Waals surface area contributed by atoms with Gasteiger partial charge in [0.25, 0.3) is 5.91 Å². The monoisotopic (exact) mass is 369 g/mol. The lowest BCUT2D eigenvalue weighted by Gasteiger charge is -2.26. The third-order valence-electron chi connectivity index (χ3n) is 4.69. The lowest BCUT2D eigenvalue weighted by Crippen LogP contribution is -2.25. The van der Waals surface area contributed by atoms with Crippen LogP contribution in [0.1, 0.15) is 41.3 Å². The van der Waals surface area contributed by atoms with Gasteiger partial charge in [0.1, 0.15) is 0 Å². The molecule has 0 aliphatic carbocycles. The summed E-state index contributed by atoms with van der Waals surface area (Å²) >= 11 is 0. The fourth-order valence-electron chi connectivity index (χ4n) is 3.27. The number of hydrogen-bond donors (Lipinski definition) is 2. The minimum atomic E-state index is -0.482. The van der Waals surface area contributed by atoms with Gasteiger partial charge in [0.2, 0.25) is 0 Å². The maximum Gasteiger partial charge on any atom is 0.251 e. The average Bonchev–Trinajstić information content (AvgIpc) is 2.72. The van der Waals surface area contributed by atoms with E-state index in [-0.39, 0.29) is 5.91 Å². The van der Waals surface area contributed by atoms with Crippen molar-refractivity contribution in [2.45, 2.75) is 26.3 Å². The summed E-state index contributed by atoms with van der Waals surface area (Å²) in [5.41, 5.74) is 4.58. The van der Waals surface area contributed by atoms with Crippen molar-refractivity contribution in [1.82, 2.24) is 15.6 Å². The first kappa shape index (κ1) is 18.9. The molecule has 1 aliphatic rings. The molecule has 0 bridgehead atoms. The Morgan fingerprint density at radius 2 is 1.75 bits per heavy atom. The number of rotatable bonds is 4. The molecule has 3 rings (SSSR count). The van der Waals surface area contributed by atoms with E-state index in [1.165, 1.54) is 0 Å². The molecule has 6 heteroatoms. The molecule has 6 nitrogen and oxygen atoms in total. The highest BCUT2D eigenvalue weighted by molar-refractivity contribution is 5.94. The summed E-state index contributed by atoms with van der Waals surface area (Å²) in [6.45, 7) is 4.02. The Morgan fingerprint density at radius 1 is 1.11 bits per heavy atom. The molecule has 1 aromatic carbocycles. The quantitative estimate of drug-likeness (QED) is 0.861. The van der Waals surface area contributed by atoms with Crippen LogP contribution in [0.4, 0.5) is 0 Å². The van der Waals surface area contributed by atoms with Crippen molar-refractivity contribution in [3.63, 3.8) is 0 Å². The maximum atomic E-state index is 12.6. The van der Waals surface area contributed by atoms with Gasteiger partial charge in [-0.25, -0.2) is 0 Å². The zero-order valence-corrected chi connectivity index (χ0v) is 15.7. The largest absolute Gasteiger partial charge is 0.361 e. The fourth-order valence-corrected chi connectivity index (χ4v) is 3.27. The molecule has 1 aliphatic heterocycles. The fraction of sp³-hybridized carbons (Fsp3) is 0.182. The molecule has 1 aromatic heterocycles. The van der Waals surface area contributed by atoms with Crippen LogP contribution in [-0.4, -0.2) is 10.9 Å². The van der Waals surface area contributed by atoms with E-state index in [0.717, 1.165) is 22.5 Å². The van der Waals surface area contributed by atoms with Crippen LogP contribution < -0.4 is 10.6 Å². The SMILES string of the molecule is CC1=C(C#N)C(c2cccc(C(=O)NCc3ccncc3)c2)C(C#N)=C(C)N1. The molecule has 138 valence electrons. The number of allylic oxidation sites excluding steroid dienone is 4. The van der Waals surface area contributed by atoms with E-state index >= 15 is 0 Å². The predicted molar refractivity (Wildman–Crippen MR) is 104 cm³/mol. The Balaban J connectivity index is 1.89. The number of benzene rings is 1. The van der Waals surface area contributed by atoms with Gasteiger partial charge in [0.05, 0.1) is 29.2 Å². The third kappa shape index (κ3) is 3.77. The van der Waals surface area contributed by atoms with Crippen LogP contribution in [0.2, 0.25) is 0 Å². The molecule has 1 amide bonds. The average molecular weight is 369 g/mol. The van der Waals surface area contributed by atoms with Crippen LogP contribution in [0.25, 0.3) is 0 Å². The predicted octanol–water partition coefficient (Wildman–Crippen LogP) is 3.29. The van der Waals surface area contributed by atoms with Crippen LogP contribution in [0.15, 0.2) is 71.3 Å². The highest BCUT2D eigenvalue weighted by Crippen LogP contribution is 2.37. The molecule has 0 atom stereocenters. The standard InChI is InChI=1S/C22H19N5O/c1-14-19(11-23)21(20(12-24)15(2)27-14)17-4-3-5-18(10-17)22(28)26-13-16-6-8-25-9-7-16/h3-10,21,27H,13H2,1-2H3,(H,26,28). The van der Waals surface area contributed by atoms with E-state index in [4.69, 9.17) is 0 Å². The van der Waals surface area contributed by atoms with Crippen molar-refractivity contribution in [1.29, 1.82) is 10.5 Å². The number of carbonyl (C=O) groups excluding carboxylic acids is 1. The Bertz CT molecular complexity index is 1020. The summed E-state index contributed by atoms with van der Waals surface area (Å²) in [6, 6.07) is 15.2. The number of amides is 1. The summed E-state index contributed by atoms with van der Waals surface area (Å²) < 4.78 is 0. The first-order valence-corrected chi connectivity index (χ1v) is 8.81. The summed E-state index contributed by atoms with van der Waals surface area (Å²) in [4.78, 5) is 16.5. The van der Waals surface area contributed by atoms with Crippen LogP contribution in [0.5, 0.6) is 0 Å². The van der Waals surface area contributed by atoms with E-state index in [2.05, 4.69) is 27.8 Å². The minimum absolute atomic E-state index is 0.217. The first-order valence-electron chi connectivity index (χ1n) is 8.81. The second-order valence-electron chi connectivity index (χ2n) is 6.52. The van der Waals surface area contributed by atoms with Gasteiger partial charge in [0, 0.05) is 35.9 Å². The molecule has 0 radical (unpaired) electrons. The van der Waals surface area contributed by atoms with Gasteiger partial charge in [-0.2, -0.15) is 10.5 Å².